The molecule has 0 aliphatic carbocycles. The average Bonchev–Trinajstić information content (AvgIpc) is 2.63. The Kier molecular flexibility index (Phi) is 7.12. The Balaban J connectivity index is 1.97. The second kappa shape index (κ2) is 9.31. The third-order valence-corrected chi connectivity index (χ3v) is 4.19. The SMILES string of the molecule is CCN(CC)C(=O)c1ccc(NC(=S)NC(=O)c2cccc(Cl)c2)cc1. The number of nitrogens with zero attached hydrogens (tertiary/aromatic N) is 1. The van der Waals surface area contributed by atoms with Gasteiger partial charge in [0.15, 0.2) is 5.11 Å². The number of thiocarbonyl (C=S) groups is 1. The fourth-order valence-corrected chi connectivity index (χ4v) is 2.76. The van der Waals surface area contributed by atoms with Crippen LogP contribution in [0.4, 0.5) is 5.69 Å². The first-order chi connectivity index (χ1) is 12.4. The van der Waals surface area contributed by atoms with Gasteiger partial charge in [-0.05, 0) is 68.5 Å². The molecule has 0 aliphatic rings. The summed E-state index contributed by atoms with van der Waals surface area (Å²) < 4.78 is 0. The number of hydrogen-bond donors (Lipinski definition) is 2. The molecule has 0 atom stereocenters. The van der Waals surface area contributed by atoms with Gasteiger partial charge < -0.3 is 10.2 Å². The molecule has 0 aliphatic heterocycles. The molecule has 0 saturated carbocycles. The minimum atomic E-state index is -0.349. The van der Waals surface area contributed by atoms with Crippen LogP contribution in [-0.2, 0) is 0 Å². The van der Waals surface area contributed by atoms with Gasteiger partial charge in [-0.25, -0.2) is 0 Å². The summed E-state index contributed by atoms with van der Waals surface area (Å²) >= 11 is 11.0. The van der Waals surface area contributed by atoms with Crippen molar-refractivity contribution in [1.82, 2.24) is 10.2 Å². The van der Waals surface area contributed by atoms with Crippen LogP contribution in [0, 0.1) is 0 Å². The first-order valence-corrected chi connectivity index (χ1v) is 9.00. The van der Waals surface area contributed by atoms with Crippen LogP contribution >= 0.6 is 23.8 Å². The number of halogens is 1. The number of hydrogen-bond acceptors (Lipinski definition) is 3. The molecule has 2 aromatic carbocycles. The molecule has 0 heterocycles. The molecule has 2 N–H and O–H groups in total. The van der Waals surface area contributed by atoms with E-state index in [1.165, 1.54) is 0 Å². The van der Waals surface area contributed by atoms with Crippen molar-refractivity contribution in [3.8, 4) is 0 Å². The van der Waals surface area contributed by atoms with E-state index >= 15 is 0 Å². The van der Waals surface area contributed by atoms with E-state index in [9.17, 15) is 9.59 Å². The Morgan fingerprint density at radius 1 is 1.04 bits per heavy atom. The molecule has 0 saturated heterocycles. The van der Waals surface area contributed by atoms with Gasteiger partial charge in [-0.2, -0.15) is 0 Å². The Labute approximate surface area is 163 Å². The van der Waals surface area contributed by atoms with Gasteiger partial charge in [0.05, 0.1) is 0 Å². The maximum Gasteiger partial charge on any atom is 0.257 e. The molecule has 7 heteroatoms. The molecule has 2 amide bonds. The van der Waals surface area contributed by atoms with E-state index in [4.69, 9.17) is 23.8 Å². The Bertz CT molecular complexity index is 805. The Morgan fingerprint density at radius 2 is 1.69 bits per heavy atom. The van der Waals surface area contributed by atoms with Gasteiger partial charge in [0, 0.05) is 34.9 Å². The number of rotatable bonds is 5. The molecule has 0 aromatic heterocycles. The lowest BCUT2D eigenvalue weighted by Crippen LogP contribution is -2.34. The summed E-state index contributed by atoms with van der Waals surface area (Å²) in [4.78, 5) is 26.2. The number of carbonyl (C=O) groups is 2. The summed E-state index contributed by atoms with van der Waals surface area (Å²) in [6, 6.07) is 13.5. The molecular weight excluding hydrogens is 370 g/mol. The second-order valence-corrected chi connectivity index (χ2v) is 6.32. The highest BCUT2D eigenvalue weighted by Gasteiger charge is 2.12. The quantitative estimate of drug-likeness (QED) is 0.760. The minimum absolute atomic E-state index is 0.0154. The largest absolute Gasteiger partial charge is 0.339 e. The molecule has 2 rings (SSSR count). The smallest absolute Gasteiger partial charge is 0.257 e. The van der Waals surface area contributed by atoms with E-state index in [0.29, 0.717) is 34.9 Å². The molecule has 136 valence electrons. The number of nitrogens with one attached hydrogen (secondary N) is 2. The molecular formula is C19H20ClN3O2S. The van der Waals surface area contributed by atoms with Gasteiger partial charge in [0.1, 0.15) is 0 Å². The van der Waals surface area contributed by atoms with Gasteiger partial charge in [-0.1, -0.05) is 17.7 Å². The maximum absolute atomic E-state index is 12.3. The van der Waals surface area contributed by atoms with Crippen molar-refractivity contribution in [3.05, 3.63) is 64.7 Å². The van der Waals surface area contributed by atoms with Crippen LogP contribution in [0.2, 0.25) is 5.02 Å². The standard InChI is InChI=1S/C19H20ClN3O2S/c1-3-23(4-2)18(25)13-8-10-16(11-9-13)21-19(26)22-17(24)14-6-5-7-15(20)12-14/h5-12H,3-4H2,1-2H3,(H2,21,22,24,26). The lowest BCUT2D eigenvalue weighted by molar-refractivity contribution is 0.0772. The van der Waals surface area contributed by atoms with E-state index in [0.717, 1.165) is 0 Å². The van der Waals surface area contributed by atoms with Crippen molar-refractivity contribution in [1.29, 1.82) is 0 Å². The normalized spacial score (nSPS) is 10.1. The topological polar surface area (TPSA) is 61.4 Å². The lowest BCUT2D eigenvalue weighted by atomic mass is 10.2. The van der Waals surface area contributed by atoms with Crippen molar-refractivity contribution in [2.75, 3.05) is 18.4 Å². The maximum atomic E-state index is 12.3. The van der Waals surface area contributed by atoms with Crippen LogP contribution in [0.3, 0.4) is 0 Å². The van der Waals surface area contributed by atoms with Crippen molar-refractivity contribution >= 4 is 46.4 Å². The lowest BCUT2D eigenvalue weighted by Gasteiger charge is -2.18. The van der Waals surface area contributed by atoms with Crippen molar-refractivity contribution < 1.29 is 9.59 Å². The molecule has 26 heavy (non-hydrogen) atoms. The monoisotopic (exact) mass is 389 g/mol. The Hall–Kier alpha value is -2.44. The molecule has 0 unspecified atom stereocenters. The highest BCUT2D eigenvalue weighted by atomic mass is 35.5. The third kappa shape index (κ3) is 5.28. The zero-order chi connectivity index (χ0) is 19.1. The third-order valence-electron chi connectivity index (χ3n) is 3.75. The van der Waals surface area contributed by atoms with Gasteiger partial charge in [-0.15, -0.1) is 0 Å². The molecule has 0 fully saturated rings. The van der Waals surface area contributed by atoms with Crippen LogP contribution in [0.5, 0.6) is 0 Å². The van der Waals surface area contributed by atoms with Gasteiger partial charge in [-0.3, -0.25) is 14.9 Å². The summed E-state index contributed by atoms with van der Waals surface area (Å²) in [6.45, 7) is 5.21. The van der Waals surface area contributed by atoms with Crippen LogP contribution in [0.15, 0.2) is 48.5 Å². The molecule has 0 bridgehead atoms. The van der Waals surface area contributed by atoms with Crippen molar-refractivity contribution in [3.63, 3.8) is 0 Å². The van der Waals surface area contributed by atoms with Crippen molar-refractivity contribution in [2.24, 2.45) is 0 Å². The Morgan fingerprint density at radius 3 is 2.27 bits per heavy atom. The summed E-state index contributed by atoms with van der Waals surface area (Å²) in [7, 11) is 0. The second-order valence-electron chi connectivity index (χ2n) is 5.47. The first-order valence-electron chi connectivity index (χ1n) is 8.21. The zero-order valence-corrected chi connectivity index (χ0v) is 16.2. The fraction of sp³-hybridized carbons (Fsp3) is 0.211. The van der Waals surface area contributed by atoms with Crippen molar-refractivity contribution in [2.45, 2.75) is 13.8 Å². The van der Waals surface area contributed by atoms with E-state index < -0.39 is 0 Å². The van der Waals surface area contributed by atoms with E-state index in [1.807, 2.05) is 13.8 Å². The van der Waals surface area contributed by atoms with Crippen LogP contribution in [0.1, 0.15) is 34.6 Å². The minimum Gasteiger partial charge on any atom is -0.339 e. The first kappa shape index (κ1) is 19.9. The highest BCUT2D eigenvalue weighted by molar-refractivity contribution is 7.80. The predicted octanol–water partition coefficient (Wildman–Crippen LogP) is 3.95. The van der Waals surface area contributed by atoms with Crippen LogP contribution in [0.25, 0.3) is 0 Å². The fourth-order valence-electron chi connectivity index (χ4n) is 2.36. The van der Waals surface area contributed by atoms with Gasteiger partial charge in [0.25, 0.3) is 11.8 Å². The number of carbonyl (C=O) groups excluding carboxylic acids is 2. The van der Waals surface area contributed by atoms with E-state index in [1.54, 1.807) is 53.4 Å². The molecule has 0 spiro atoms. The van der Waals surface area contributed by atoms with Crippen LogP contribution < -0.4 is 10.6 Å². The van der Waals surface area contributed by atoms with Gasteiger partial charge >= 0.3 is 0 Å². The average molecular weight is 390 g/mol. The predicted molar refractivity (Wildman–Crippen MR) is 109 cm³/mol. The highest BCUT2D eigenvalue weighted by Crippen LogP contribution is 2.13. The number of anilines is 1. The summed E-state index contributed by atoms with van der Waals surface area (Å²) in [5.41, 5.74) is 1.70. The summed E-state index contributed by atoms with van der Waals surface area (Å²) in [6.07, 6.45) is 0. The van der Waals surface area contributed by atoms with E-state index in [-0.39, 0.29) is 16.9 Å². The summed E-state index contributed by atoms with van der Waals surface area (Å²) in [5.74, 6) is -0.364. The zero-order valence-electron chi connectivity index (χ0n) is 14.6. The van der Waals surface area contributed by atoms with Gasteiger partial charge in [0.2, 0.25) is 0 Å². The van der Waals surface area contributed by atoms with Crippen LogP contribution in [-0.4, -0.2) is 34.9 Å². The molecule has 2 aromatic rings. The number of benzene rings is 2. The summed E-state index contributed by atoms with van der Waals surface area (Å²) in [5, 5.41) is 6.16. The molecule has 0 radical (unpaired) electrons. The molecule has 5 nitrogen and oxygen atoms in total. The van der Waals surface area contributed by atoms with E-state index in [2.05, 4.69) is 10.6 Å². The number of amides is 2.